The molecule has 0 aromatic carbocycles. The molecule has 0 saturated heterocycles. The van der Waals surface area contributed by atoms with Gasteiger partial charge in [0, 0.05) is 33.3 Å². The largest absolute Gasteiger partial charge is 0.496 e. The molecule has 0 aliphatic heterocycles. The maximum Gasteiger partial charge on any atom is 0.354 e. The number of allylic oxidation sites excluding steroid dienone is 1. The summed E-state index contributed by atoms with van der Waals surface area (Å²) < 4.78 is 10.3. The molecule has 0 fully saturated rings. The normalized spacial score (nSPS) is 14.2. The molecule has 8 nitrogen and oxygen atoms in total. The van der Waals surface area contributed by atoms with Crippen LogP contribution in [0.15, 0.2) is 21.8 Å². The van der Waals surface area contributed by atoms with Crippen LogP contribution in [-0.4, -0.2) is 80.7 Å². The van der Waals surface area contributed by atoms with E-state index in [4.69, 9.17) is 9.47 Å². The standard InChI is InChI=1S/C17H32N4O4/c1-7-18-17(21(5)8-2)19-12-13(3)20-15(16(22)23)11-14(4)25-10-9-24-6/h11,13H,7-10,12H2,1-6H3,(H,18,19)(H,22,23). The van der Waals surface area contributed by atoms with Gasteiger partial charge in [0.05, 0.1) is 25.0 Å². The molecule has 0 rings (SSSR count). The van der Waals surface area contributed by atoms with Crippen LogP contribution in [0, 0.1) is 0 Å². The molecule has 0 radical (unpaired) electrons. The number of carboxylic acids is 1. The van der Waals surface area contributed by atoms with Crippen molar-refractivity contribution in [2.75, 3.05) is 47.0 Å². The average Bonchev–Trinajstić information content (AvgIpc) is 2.57. The fourth-order valence-electron chi connectivity index (χ4n) is 1.79. The van der Waals surface area contributed by atoms with E-state index in [2.05, 4.69) is 15.3 Å². The van der Waals surface area contributed by atoms with Gasteiger partial charge in [0.2, 0.25) is 0 Å². The molecule has 0 bridgehead atoms. The number of carboxylic acid groups (broad SMARTS) is 1. The Morgan fingerprint density at radius 2 is 2.04 bits per heavy atom. The Balaban J connectivity index is 5.01. The maximum atomic E-state index is 11.4. The highest BCUT2D eigenvalue weighted by atomic mass is 16.5. The number of nitrogens with zero attached hydrogens (tertiary/aromatic N) is 3. The van der Waals surface area contributed by atoms with E-state index >= 15 is 0 Å². The molecule has 1 unspecified atom stereocenters. The lowest BCUT2D eigenvalue weighted by atomic mass is 10.3. The average molecular weight is 356 g/mol. The molecule has 0 amide bonds. The highest BCUT2D eigenvalue weighted by Crippen LogP contribution is 2.01. The molecule has 0 aromatic rings. The van der Waals surface area contributed by atoms with E-state index in [-0.39, 0.29) is 11.8 Å². The highest BCUT2D eigenvalue weighted by Gasteiger charge is 2.11. The Labute approximate surface area is 150 Å². The molecular formula is C17H32N4O4. The first-order valence-corrected chi connectivity index (χ1v) is 8.46. The van der Waals surface area contributed by atoms with Gasteiger partial charge in [-0.2, -0.15) is 0 Å². The van der Waals surface area contributed by atoms with Crippen LogP contribution >= 0.6 is 0 Å². The highest BCUT2D eigenvalue weighted by molar-refractivity contribution is 6.40. The van der Waals surface area contributed by atoms with Crippen molar-refractivity contribution in [1.82, 2.24) is 10.2 Å². The van der Waals surface area contributed by atoms with Crippen LogP contribution in [0.2, 0.25) is 0 Å². The number of nitrogens with one attached hydrogen (secondary N) is 1. The van der Waals surface area contributed by atoms with Crippen molar-refractivity contribution in [3.8, 4) is 0 Å². The van der Waals surface area contributed by atoms with Crippen molar-refractivity contribution in [1.29, 1.82) is 0 Å². The molecular weight excluding hydrogens is 324 g/mol. The van der Waals surface area contributed by atoms with Crippen LogP contribution in [0.5, 0.6) is 0 Å². The van der Waals surface area contributed by atoms with Gasteiger partial charge in [-0.1, -0.05) is 0 Å². The lowest BCUT2D eigenvalue weighted by Crippen LogP contribution is -2.39. The summed E-state index contributed by atoms with van der Waals surface area (Å²) in [6, 6.07) is -0.270. The third kappa shape index (κ3) is 10.4. The summed E-state index contributed by atoms with van der Waals surface area (Å²) in [5.74, 6) is 0.162. The zero-order valence-electron chi connectivity index (χ0n) is 16.2. The lowest BCUT2D eigenvalue weighted by molar-refractivity contribution is -0.129. The van der Waals surface area contributed by atoms with Crippen LogP contribution in [0.4, 0.5) is 0 Å². The molecule has 2 N–H and O–H groups in total. The summed E-state index contributed by atoms with van der Waals surface area (Å²) in [6.45, 7) is 10.3. The predicted octanol–water partition coefficient (Wildman–Crippen LogP) is 1.38. The molecule has 0 aliphatic rings. The SMILES string of the molecule is CCNC(=NCC(C)N=C(C=C(C)OCCOC)C(=O)O)N(C)CC. The second-order valence-electron chi connectivity index (χ2n) is 5.47. The van der Waals surface area contributed by atoms with E-state index in [1.807, 2.05) is 32.7 Å². The Bertz CT molecular complexity index is 489. The second kappa shape index (κ2) is 13.2. The molecule has 25 heavy (non-hydrogen) atoms. The Morgan fingerprint density at radius 3 is 2.56 bits per heavy atom. The minimum Gasteiger partial charge on any atom is -0.496 e. The maximum absolute atomic E-state index is 11.4. The van der Waals surface area contributed by atoms with Gasteiger partial charge in [0.15, 0.2) is 5.96 Å². The quantitative estimate of drug-likeness (QED) is 0.251. The van der Waals surface area contributed by atoms with Gasteiger partial charge in [-0.05, 0) is 27.7 Å². The van der Waals surface area contributed by atoms with Crippen molar-refractivity contribution in [3.05, 3.63) is 11.8 Å². The first-order valence-electron chi connectivity index (χ1n) is 8.46. The minimum absolute atomic E-state index is 0.0496. The fourth-order valence-corrected chi connectivity index (χ4v) is 1.79. The molecule has 0 heterocycles. The van der Waals surface area contributed by atoms with Crippen molar-refractivity contribution >= 4 is 17.6 Å². The number of hydrogen-bond donors (Lipinski definition) is 2. The van der Waals surface area contributed by atoms with Crippen molar-refractivity contribution < 1.29 is 19.4 Å². The first kappa shape index (κ1) is 22.9. The number of carbonyl (C=O) groups is 1. The molecule has 0 aliphatic carbocycles. The summed E-state index contributed by atoms with van der Waals surface area (Å²) in [6.07, 6.45) is 1.42. The number of aliphatic carboxylic acids is 1. The summed E-state index contributed by atoms with van der Waals surface area (Å²) >= 11 is 0. The van der Waals surface area contributed by atoms with Gasteiger partial charge < -0.3 is 24.8 Å². The van der Waals surface area contributed by atoms with Gasteiger partial charge in [-0.3, -0.25) is 9.98 Å². The number of aliphatic imine (C=N–C) groups is 2. The van der Waals surface area contributed by atoms with Crippen molar-refractivity contribution in [2.45, 2.75) is 33.7 Å². The topological polar surface area (TPSA) is 95.8 Å². The third-order valence-electron chi connectivity index (χ3n) is 3.21. The smallest absolute Gasteiger partial charge is 0.354 e. The van der Waals surface area contributed by atoms with Gasteiger partial charge in [0.1, 0.15) is 12.3 Å². The molecule has 1 atom stereocenters. The Morgan fingerprint density at radius 1 is 1.36 bits per heavy atom. The van der Waals surface area contributed by atoms with E-state index in [0.717, 1.165) is 19.0 Å². The zero-order valence-corrected chi connectivity index (χ0v) is 16.2. The number of guanidine groups is 1. The molecule has 0 aromatic heterocycles. The molecule has 0 saturated carbocycles. The first-order chi connectivity index (χ1) is 11.8. The van der Waals surface area contributed by atoms with Gasteiger partial charge >= 0.3 is 5.97 Å². The zero-order chi connectivity index (χ0) is 19.2. The van der Waals surface area contributed by atoms with E-state index in [0.29, 0.717) is 25.5 Å². The molecule has 8 heteroatoms. The summed E-state index contributed by atoms with van der Waals surface area (Å²) in [4.78, 5) is 22.1. The Hall–Kier alpha value is -2.09. The number of ether oxygens (including phenoxy) is 2. The van der Waals surface area contributed by atoms with Gasteiger partial charge in [0.25, 0.3) is 0 Å². The molecule has 144 valence electrons. The summed E-state index contributed by atoms with van der Waals surface area (Å²) in [5, 5.41) is 12.5. The van der Waals surface area contributed by atoms with Crippen LogP contribution in [0.1, 0.15) is 27.7 Å². The van der Waals surface area contributed by atoms with Crippen molar-refractivity contribution in [3.63, 3.8) is 0 Å². The van der Waals surface area contributed by atoms with E-state index in [1.165, 1.54) is 6.08 Å². The van der Waals surface area contributed by atoms with Gasteiger partial charge in [-0.15, -0.1) is 0 Å². The summed E-state index contributed by atoms with van der Waals surface area (Å²) in [5.41, 5.74) is -0.0496. The van der Waals surface area contributed by atoms with Crippen molar-refractivity contribution in [2.24, 2.45) is 9.98 Å². The summed E-state index contributed by atoms with van der Waals surface area (Å²) in [7, 11) is 3.52. The van der Waals surface area contributed by atoms with Gasteiger partial charge in [-0.25, -0.2) is 4.79 Å². The lowest BCUT2D eigenvalue weighted by Gasteiger charge is -2.20. The predicted molar refractivity (Wildman–Crippen MR) is 100 cm³/mol. The van der Waals surface area contributed by atoms with Crippen LogP contribution < -0.4 is 5.32 Å². The van der Waals surface area contributed by atoms with E-state index in [9.17, 15) is 9.90 Å². The molecule has 0 spiro atoms. The van der Waals surface area contributed by atoms with Crippen LogP contribution in [0.25, 0.3) is 0 Å². The monoisotopic (exact) mass is 356 g/mol. The minimum atomic E-state index is -1.09. The fraction of sp³-hybridized carbons (Fsp3) is 0.706. The number of hydrogen-bond acceptors (Lipinski definition) is 5. The number of methoxy groups -OCH3 is 1. The van der Waals surface area contributed by atoms with Crippen LogP contribution in [0.3, 0.4) is 0 Å². The number of rotatable bonds is 11. The third-order valence-corrected chi connectivity index (χ3v) is 3.21. The van der Waals surface area contributed by atoms with E-state index < -0.39 is 5.97 Å². The van der Waals surface area contributed by atoms with E-state index in [1.54, 1.807) is 14.0 Å². The van der Waals surface area contributed by atoms with Crippen LogP contribution in [-0.2, 0) is 14.3 Å². The Kier molecular flexibility index (Phi) is 12.1. The second-order valence-corrected chi connectivity index (χ2v) is 5.47.